The molecule has 0 fully saturated rings. The van der Waals surface area contributed by atoms with Crippen LogP contribution in [0.4, 0.5) is 0 Å². The summed E-state index contributed by atoms with van der Waals surface area (Å²) in [5, 5.41) is 3.40. The van der Waals surface area contributed by atoms with Crippen LogP contribution in [-0.2, 0) is 16.7 Å². The summed E-state index contributed by atoms with van der Waals surface area (Å²) >= 11 is 0. The third-order valence-electron chi connectivity index (χ3n) is 3.01. The fourth-order valence-electron chi connectivity index (χ4n) is 1.73. The van der Waals surface area contributed by atoms with E-state index >= 15 is 0 Å². The normalized spacial score (nSPS) is 11.8. The molecule has 2 nitrogen and oxygen atoms in total. The summed E-state index contributed by atoms with van der Waals surface area (Å²) < 4.78 is 5.03. The van der Waals surface area contributed by atoms with Gasteiger partial charge in [0.15, 0.2) is 0 Å². The van der Waals surface area contributed by atoms with Gasteiger partial charge < -0.3 is 10.1 Å². The Morgan fingerprint density at radius 1 is 1.24 bits per heavy atom. The lowest BCUT2D eigenvalue weighted by molar-refractivity contribution is 0.199. The van der Waals surface area contributed by atoms with E-state index in [0.29, 0.717) is 0 Å². The van der Waals surface area contributed by atoms with Crippen molar-refractivity contribution in [1.29, 1.82) is 0 Å². The van der Waals surface area contributed by atoms with E-state index in [1.165, 1.54) is 16.7 Å². The predicted octanol–water partition coefficient (Wildman–Crippen LogP) is 3.03. The maximum Gasteiger partial charge on any atom is 0.0587 e. The zero-order valence-electron chi connectivity index (χ0n) is 11.8. The molecule has 0 saturated heterocycles. The first-order valence-electron chi connectivity index (χ1n) is 6.25. The quantitative estimate of drug-likeness (QED) is 0.792. The number of rotatable bonds is 5. The van der Waals surface area contributed by atoms with Crippen LogP contribution in [0, 0.1) is 6.92 Å². The van der Waals surface area contributed by atoms with Gasteiger partial charge in [0.2, 0.25) is 0 Å². The SMILES string of the molecule is COCCNCc1cc(C(C)(C)C)ccc1C. The molecule has 0 aliphatic heterocycles. The fourth-order valence-corrected chi connectivity index (χ4v) is 1.73. The maximum absolute atomic E-state index is 5.03. The van der Waals surface area contributed by atoms with E-state index in [-0.39, 0.29) is 5.41 Å². The molecule has 0 saturated carbocycles. The van der Waals surface area contributed by atoms with Gasteiger partial charge in [-0.2, -0.15) is 0 Å². The summed E-state index contributed by atoms with van der Waals surface area (Å²) in [6.45, 7) is 11.5. The number of methoxy groups -OCH3 is 1. The van der Waals surface area contributed by atoms with Crippen molar-refractivity contribution in [3.05, 3.63) is 34.9 Å². The van der Waals surface area contributed by atoms with Crippen LogP contribution in [0.15, 0.2) is 18.2 Å². The van der Waals surface area contributed by atoms with Crippen LogP contribution in [0.25, 0.3) is 0 Å². The van der Waals surface area contributed by atoms with Crippen LogP contribution in [0.3, 0.4) is 0 Å². The van der Waals surface area contributed by atoms with Crippen molar-refractivity contribution in [3.8, 4) is 0 Å². The van der Waals surface area contributed by atoms with Crippen LogP contribution in [0.5, 0.6) is 0 Å². The molecule has 0 amide bonds. The van der Waals surface area contributed by atoms with Crippen molar-refractivity contribution in [2.24, 2.45) is 0 Å². The largest absolute Gasteiger partial charge is 0.383 e. The summed E-state index contributed by atoms with van der Waals surface area (Å²) in [5.41, 5.74) is 4.35. The fraction of sp³-hybridized carbons (Fsp3) is 0.600. The Hall–Kier alpha value is -0.860. The third kappa shape index (κ3) is 4.49. The molecule has 0 aromatic heterocycles. The number of hydrogen-bond acceptors (Lipinski definition) is 2. The standard InChI is InChI=1S/C15H25NO/c1-12-6-7-14(15(2,3)4)10-13(12)11-16-8-9-17-5/h6-7,10,16H,8-9,11H2,1-5H3. The molecule has 1 rings (SSSR count). The summed E-state index contributed by atoms with van der Waals surface area (Å²) in [4.78, 5) is 0. The first-order chi connectivity index (χ1) is 7.95. The molecule has 0 aliphatic rings. The predicted molar refractivity (Wildman–Crippen MR) is 73.5 cm³/mol. The summed E-state index contributed by atoms with van der Waals surface area (Å²) in [7, 11) is 1.73. The first kappa shape index (κ1) is 14.2. The van der Waals surface area contributed by atoms with Crippen LogP contribution in [-0.4, -0.2) is 20.3 Å². The number of hydrogen-bond donors (Lipinski definition) is 1. The van der Waals surface area contributed by atoms with Crippen molar-refractivity contribution in [2.75, 3.05) is 20.3 Å². The van der Waals surface area contributed by atoms with Crippen LogP contribution < -0.4 is 5.32 Å². The molecule has 0 heterocycles. The zero-order chi connectivity index (χ0) is 12.9. The highest BCUT2D eigenvalue weighted by molar-refractivity contribution is 5.34. The Bertz CT molecular complexity index is 352. The number of benzene rings is 1. The number of aryl methyl sites for hydroxylation is 1. The molecular weight excluding hydrogens is 210 g/mol. The lowest BCUT2D eigenvalue weighted by Gasteiger charge is -2.21. The van der Waals surface area contributed by atoms with E-state index in [1.807, 2.05) is 0 Å². The highest BCUT2D eigenvalue weighted by Crippen LogP contribution is 2.24. The van der Waals surface area contributed by atoms with Crippen molar-refractivity contribution >= 4 is 0 Å². The van der Waals surface area contributed by atoms with Crippen LogP contribution in [0.2, 0.25) is 0 Å². The van der Waals surface area contributed by atoms with Crippen molar-refractivity contribution in [3.63, 3.8) is 0 Å². The van der Waals surface area contributed by atoms with Gasteiger partial charge in [-0.1, -0.05) is 39.0 Å². The molecule has 0 bridgehead atoms. The van der Waals surface area contributed by atoms with E-state index in [1.54, 1.807) is 7.11 Å². The summed E-state index contributed by atoms with van der Waals surface area (Å²) in [5.74, 6) is 0. The van der Waals surface area contributed by atoms with Gasteiger partial charge in [-0.05, 0) is 29.0 Å². The van der Waals surface area contributed by atoms with Gasteiger partial charge in [-0.3, -0.25) is 0 Å². The Kier molecular flexibility index (Phi) is 5.16. The van der Waals surface area contributed by atoms with Crippen molar-refractivity contribution < 1.29 is 4.74 Å². The molecule has 1 aromatic rings. The first-order valence-corrected chi connectivity index (χ1v) is 6.25. The van der Waals surface area contributed by atoms with E-state index < -0.39 is 0 Å². The van der Waals surface area contributed by atoms with Gasteiger partial charge in [-0.15, -0.1) is 0 Å². The monoisotopic (exact) mass is 235 g/mol. The molecular formula is C15H25NO. The average molecular weight is 235 g/mol. The van der Waals surface area contributed by atoms with Gasteiger partial charge in [0.25, 0.3) is 0 Å². The summed E-state index contributed by atoms with van der Waals surface area (Å²) in [6, 6.07) is 6.76. The minimum Gasteiger partial charge on any atom is -0.383 e. The Balaban J connectivity index is 2.70. The molecule has 0 unspecified atom stereocenters. The molecule has 17 heavy (non-hydrogen) atoms. The van der Waals surface area contributed by atoms with Gasteiger partial charge in [0.1, 0.15) is 0 Å². The second kappa shape index (κ2) is 6.18. The molecule has 96 valence electrons. The lowest BCUT2D eigenvalue weighted by Crippen LogP contribution is -2.20. The number of ether oxygens (including phenoxy) is 1. The topological polar surface area (TPSA) is 21.3 Å². The smallest absolute Gasteiger partial charge is 0.0587 e. The second-order valence-electron chi connectivity index (χ2n) is 5.56. The Morgan fingerprint density at radius 2 is 1.94 bits per heavy atom. The average Bonchev–Trinajstić information content (AvgIpc) is 2.25. The molecule has 0 radical (unpaired) electrons. The number of nitrogens with one attached hydrogen (secondary N) is 1. The third-order valence-corrected chi connectivity index (χ3v) is 3.01. The van der Waals surface area contributed by atoms with Gasteiger partial charge in [0, 0.05) is 20.2 Å². The highest BCUT2D eigenvalue weighted by atomic mass is 16.5. The van der Waals surface area contributed by atoms with Crippen molar-refractivity contribution in [1.82, 2.24) is 5.32 Å². The summed E-state index contributed by atoms with van der Waals surface area (Å²) in [6.07, 6.45) is 0. The molecule has 0 aliphatic carbocycles. The van der Waals surface area contributed by atoms with Crippen LogP contribution in [0.1, 0.15) is 37.5 Å². The molecule has 2 heteroatoms. The molecule has 1 N–H and O–H groups in total. The second-order valence-corrected chi connectivity index (χ2v) is 5.56. The van der Waals surface area contributed by atoms with E-state index in [9.17, 15) is 0 Å². The maximum atomic E-state index is 5.03. The minimum absolute atomic E-state index is 0.217. The zero-order valence-corrected chi connectivity index (χ0v) is 11.8. The Labute approximate surface area is 105 Å². The van der Waals surface area contributed by atoms with Crippen molar-refractivity contribution in [2.45, 2.75) is 39.7 Å². The Morgan fingerprint density at radius 3 is 2.53 bits per heavy atom. The van der Waals surface area contributed by atoms with Crippen LogP contribution >= 0.6 is 0 Å². The van der Waals surface area contributed by atoms with Gasteiger partial charge in [-0.25, -0.2) is 0 Å². The van der Waals surface area contributed by atoms with E-state index in [0.717, 1.165) is 19.7 Å². The van der Waals surface area contributed by atoms with Gasteiger partial charge >= 0.3 is 0 Å². The highest BCUT2D eigenvalue weighted by Gasteiger charge is 2.14. The van der Waals surface area contributed by atoms with Gasteiger partial charge in [0.05, 0.1) is 6.61 Å². The van der Waals surface area contributed by atoms with E-state index in [4.69, 9.17) is 4.74 Å². The lowest BCUT2D eigenvalue weighted by atomic mass is 9.85. The molecule has 0 atom stereocenters. The molecule has 0 spiro atoms. The minimum atomic E-state index is 0.217. The molecule has 1 aromatic carbocycles. The van der Waals surface area contributed by atoms with E-state index in [2.05, 4.69) is 51.2 Å².